The Hall–Kier alpha value is -1.46. The van der Waals surface area contributed by atoms with Crippen molar-refractivity contribution in [1.29, 1.82) is 0 Å². The monoisotopic (exact) mass is 289 g/mol. The number of anilines is 1. The van der Waals surface area contributed by atoms with E-state index in [0.29, 0.717) is 12.3 Å². The molecular weight excluding hydrogens is 270 g/mol. The smallest absolute Gasteiger partial charge is 0.224 e. The van der Waals surface area contributed by atoms with Crippen LogP contribution in [-0.2, 0) is 4.79 Å². The molecule has 4 nitrogen and oxygen atoms in total. The van der Waals surface area contributed by atoms with E-state index < -0.39 is 0 Å². The predicted molar refractivity (Wildman–Crippen MR) is 82.8 cm³/mol. The molecule has 1 fully saturated rings. The summed E-state index contributed by atoms with van der Waals surface area (Å²) < 4.78 is 1.09. The third-order valence-corrected chi connectivity index (χ3v) is 4.82. The first-order chi connectivity index (χ1) is 9.72. The summed E-state index contributed by atoms with van der Waals surface area (Å²) in [5.41, 5.74) is 9.73. The van der Waals surface area contributed by atoms with Gasteiger partial charge < -0.3 is 11.1 Å². The molecule has 2 unspecified atom stereocenters. The van der Waals surface area contributed by atoms with Crippen molar-refractivity contribution in [3.8, 4) is 0 Å². The van der Waals surface area contributed by atoms with Gasteiger partial charge in [0.25, 0.3) is 0 Å². The van der Waals surface area contributed by atoms with E-state index >= 15 is 0 Å². The molecule has 0 bridgehead atoms. The number of fused-ring (bicyclic) bond motifs is 1. The fraction of sp³-hybridized carbons (Fsp3) is 0.467. The second-order valence-electron chi connectivity index (χ2n) is 5.50. The number of rotatable bonds is 3. The van der Waals surface area contributed by atoms with Crippen molar-refractivity contribution in [2.45, 2.75) is 38.1 Å². The summed E-state index contributed by atoms with van der Waals surface area (Å²) in [5, 5.41) is 2.98. The second kappa shape index (κ2) is 5.89. The minimum absolute atomic E-state index is 0.0659. The van der Waals surface area contributed by atoms with Crippen LogP contribution in [0.15, 0.2) is 23.7 Å². The Morgan fingerprint density at radius 3 is 3.10 bits per heavy atom. The van der Waals surface area contributed by atoms with Crippen LogP contribution in [0, 0.1) is 5.92 Å². The summed E-state index contributed by atoms with van der Waals surface area (Å²) in [4.78, 5) is 16.4. The summed E-state index contributed by atoms with van der Waals surface area (Å²) in [7, 11) is 0. The van der Waals surface area contributed by atoms with Gasteiger partial charge in [0, 0.05) is 18.2 Å². The van der Waals surface area contributed by atoms with E-state index in [1.54, 1.807) is 11.3 Å². The van der Waals surface area contributed by atoms with Crippen LogP contribution in [-0.4, -0.2) is 16.9 Å². The Morgan fingerprint density at radius 2 is 2.25 bits per heavy atom. The van der Waals surface area contributed by atoms with E-state index in [-0.39, 0.29) is 11.9 Å². The van der Waals surface area contributed by atoms with E-state index in [9.17, 15) is 4.79 Å². The number of benzene rings is 1. The number of carbonyl (C=O) groups is 1. The molecule has 2 atom stereocenters. The van der Waals surface area contributed by atoms with Crippen molar-refractivity contribution in [2.75, 3.05) is 5.32 Å². The number of hydrogen-bond donors (Lipinski definition) is 2. The van der Waals surface area contributed by atoms with E-state index in [1.165, 1.54) is 12.8 Å². The first kappa shape index (κ1) is 13.5. The van der Waals surface area contributed by atoms with Crippen LogP contribution >= 0.6 is 11.3 Å². The fourth-order valence-electron chi connectivity index (χ4n) is 2.87. The number of hydrogen-bond acceptors (Lipinski definition) is 4. The Kier molecular flexibility index (Phi) is 3.98. The molecule has 2 aromatic rings. The zero-order valence-corrected chi connectivity index (χ0v) is 12.2. The third-order valence-electron chi connectivity index (χ3n) is 4.03. The van der Waals surface area contributed by atoms with Gasteiger partial charge in [-0.2, -0.15) is 0 Å². The van der Waals surface area contributed by atoms with Gasteiger partial charge in [-0.25, -0.2) is 4.98 Å². The fourth-order valence-corrected chi connectivity index (χ4v) is 3.59. The lowest BCUT2D eigenvalue weighted by Gasteiger charge is -2.27. The Bertz CT molecular complexity index is 610. The standard InChI is InChI=1S/C15H19N3OS/c16-12-4-2-1-3-10(12)7-15(19)18-11-5-6-13-14(8-11)20-9-17-13/h5-6,8-10,12H,1-4,7,16H2,(H,18,19). The van der Waals surface area contributed by atoms with Crippen molar-refractivity contribution in [3.05, 3.63) is 23.7 Å². The first-order valence-corrected chi connectivity index (χ1v) is 7.99. The maximum atomic E-state index is 12.1. The Labute approximate surface area is 122 Å². The summed E-state index contributed by atoms with van der Waals surface area (Å²) in [6.45, 7) is 0. The van der Waals surface area contributed by atoms with Gasteiger partial charge in [-0.3, -0.25) is 4.79 Å². The molecular formula is C15H19N3OS. The molecule has 106 valence electrons. The summed E-state index contributed by atoms with van der Waals surface area (Å²) >= 11 is 1.58. The molecule has 5 heteroatoms. The molecule has 1 saturated carbocycles. The van der Waals surface area contributed by atoms with Gasteiger partial charge in [0.15, 0.2) is 0 Å². The lowest BCUT2D eigenvalue weighted by Crippen LogP contribution is -2.35. The van der Waals surface area contributed by atoms with Crippen LogP contribution in [0.3, 0.4) is 0 Å². The van der Waals surface area contributed by atoms with Crippen molar-refractivity contribution < 1.29 is 4.79 Å². The number of aromatic nitrogens is 1. The molecule has 1 amide bonds. The minimum atomic E-state index is 0.0659. The largest absolute Gasteiger partial charge is 0.327 e. The third kappa shape index (κ3) is 2.99. The first-order valence-electron chi connectivity index (χ1n) is 7.11. The molecule has 1 aliphatic carbocycles. The highest BCUT2D eigenvalue weighted by molar-refractivity contribution is 7.16. The predicted octanol–water partition coefficient (Wildman–Crippen LogP) is 3.14. The molecule has 0 spiro atoms. The lowest BCUT2D eigenvalue weighted by molar-refractivity contribution is -0.117. The summed E-state index contributed by atoms with van der Waals surface area (Å²) in [6, 6.07) is 6.00. The molecule has 0 radical (unpaired) electrons. The summed E-state index contributed by atoms with van der Waals surface area (Å²) in [5.74, 6) is 0.395. The topological polar surface area (TPSA) is 68.0 Å². The van der Waals surface area contributed by atoms with Crippen molar-refractivity contribution in [1.82, 2.24) is 4.98 Å². The van der Waals surface area contributed by atoms with E-state index in [2.05, 4.69) is 10.3 Å². The number of amides is 1. The highest BCUT2D eigenvalue weighted by Gasteiger charge is 2.24. The molecule has 0 saturated heterocycles. The normalized spacial score (nSPS) is 22.9. The van der Waals surface area contributed by atoms with E-state index in [4.69, 9.17) is 5.73 Å². The van der Waals surface area contributed by atoms with Crippen LogP contribution in [0.5, 0.6) is 0 Å². The summed E-state index contributed by atoms with van der Waals surface area (Å²) in [6.07, 6.45) is 5.04. The van der Waals surface area contributed by atoms with Crippen LogP contribution in [0.25, 0.3) is 10.2 Å². The van der Waals surface area contributed by atoms with Gasteiger partial charge >= 0.3 is 0 Å². The maximum Gasteiger partial charge on any atom is 0.224 e. The van der Waals surface area contributed by atoms with Crippen molar-refractivity contribution >= 4 is 33.1 Å². The molecule has 1 aliphatic rings. The number of thiazole rings is 1. The van der Waals surface area contributed by atoms with Gasteiger partial charge in [0.1, 0.15) is 0 Å². The number of nitrogens with one attached hydrogen (secondary N) is 1. The Balaban J connectivity index is 1.63. The number of carbonyl (C=O) groups excluding carboxylic acids is 1. The van der Waals surface area contributed by atoms with Gasteiger partial charge in [0.05, 0.1) is 15.7 Å². The van der Waals surface area contributed by atoms with Gasteiger partial charge in [-0.1, -0.05) is 12.8 Å². The molecule has 0 aliphatic heterocycles. The van der Waals surface area contributed by atoms with E-state index in [1.807, 2.05) is 23.7 Å². The zero-order chi connectivity index (χ0) is 13.9. The Morgan fingerprint density at radius 1 is 1.40 bits per heavy atom. The van der Waals surface area contributed by atoms with Gasteiger partial charge in [-0.15, -0.1) is 11.3 Å². The average Bonchev–Trinajstić information content (AvgIpc) is 2.89. The van der Waals surface area contributed by atoms with Crippen molar-refractivity contribution in [3.63, 3.8) is 0 Å². The van der Waals surface area contributed by atoms with Gasteiger partial charge in [0.2, 0.25) is 5.91 Å². The molecule has 20 heavy (non-hydrogen) atoms. The molecule has 1 aromatic carbocycles. The second-order valence-corrected chi connectivity index (χ2v) is 6.38. The van der Waals surface area contributed by atoms with Gasteiger partial charge in [-0.05, 0) is 37.0 Å². The molecule has 1 heterocycles. The molecule has 3 N–H and O–H groups in total. The average molecular weight is 289 g/mol. The zero-order valence-electron chi connectivity index (χ0n) is 11.3. The van der Waals surface area contributed by atoms with E-state index in [0.717, 1.165) is 28.7 Å². The molecule has 1 aromatic heterocycles. The number of nitrogens with zero attached hydrogens (tertiary/aromatic N) is 1. The lowest BCUT2D eigenvalue weighted by atomic mass is 9.83. The van der Waals surface area contributed by atoms with Crippen LogP contribution in [0.2, 0.25) is 0 Å². The highest BCUT2D eigenvalue weighted by atomic mass is 32.1. The molecule has 3 rings (SSSR count). The van der Waals surface area contributed by atoms with Crippen molar-refractivity contribution in [2.24, 2.45) is 11.7 Å². The minimum Gasteiger partial charge on any atom is -0.327 e. The maximum absolute atomic E-state index is 12.1. The quantitative estimate of drug-likeness (QED) is 0.912. The highest BCUT2D eigenvalue weighted by Crippen LogP contribution is 2.26. The number of nitrogens with two attached hydrogens (primary N) is 1. The van der Waals surface area contributed by atoms with Crippen LogP contribution in [0.1, 0.15) is 32.1 Å². The SMILES string of the molecule is NC1CCCCC1CC(=O)Nc1ccc2ncsc2c1. The van der Waals surface area contributed by atoms with Crippen LogP contribution in [0.4, 0.5) is 5.69 Å². The van der Waals surface area contributed by atoms with Crippen LogP contribution < -0.4 is 11.1 Å².